The lowest BCUT2D eigenvalue weighted by atomic mass is 10.2. The largest absolute Gasteiger partial charge is 0.373 e. The maximum Gasteiger partial charge on any atom is 0.263 e. The van der Waals surface area contributed by atoms with E-state index in [0.717, 1.165) is 25.3 Å². The molecular weight excluding hydrogens is 328 g/mol. The molecule has 7 nitrogen and oxygen atoms in total. The second kappa shape index (κ2) is 7.25. The van der Waals surface area contributed by atoms with E-state index >= 15 is 0 Å². The Bertz CT molecular complexity index is 762. The molecule has 2 aromatic rings. The molecule has 0 bridgehead atoms. The Morgan fingerprint density at radius 3 is 2.92 bits per heavy atom. The van der Waals surface area contributed by atoms with Gasteiger partial charge in [0.15, 0.2) is 5.13 Å². The van der Waals surface area contributed by atoms with E-state index < -0.39 is 11.5 Å². The van der Waals surface area contributed by atoms with Gasteiger partial charge in [0.25, 0.3) is 11.5 Å². The van der Waals surface area contributed by atoms with Crippen molar-refractivity contribution in [3.63, 3.8) is 0 Å². The van der Waals surface area contributed by atoms with Crippen molar-refractivity contribution in [3.05, 3.63) is 45.3 Å². The normalized spacial score (nSPS) is 21.6. The molecule has 1 saturated heterocycles. The molecule has 2 atom stereocenters. The number of carbonyl (C=O) groups excluding carboxylic acids is 1. The second-order valence-corrected chi connectivity index (χ2v) is 6.82. The first-order valence-electron chi connectivity index (χ1n) is 7.82. The first-order chi connectivity index (χ1) is 11.5. The van der Waals surface area contributed by atoms with E-state index in [1.807, 2.05) is 5.38 Å². The van der Waals surface area contributed by atoms with Gasteiger partial charge in [0, 0.05) is 31.2 Å². The fourth-order valence-corrected chi connectivity index (χ4v) is 3.54. The summed E-state index contributed by atoms with van der Waals surface area (Å²) in [7, 11) is 0. The Morgan fingerprint density at radius 2 is 2.21 bits per heavy atom. The summed E-state index contributed by atoms with van der Waals surface area (Å²) in [4.78, 5) is 33.0. The lowest BCUT2D eigenvalue weighted by Crippen LogP contribution is -2.44. The molecule has 0 unspecified atom stereocenters. The summed E-state index contributed by atoms with van der Waals surface area (Å²) < 4.78 is 5.72. The Morgan fingerprint density at radius 1 is 1.46 bits per heavy atom. The standard InChI is InChI=1S/C16H20N4O3S/c1-10-6-20(7-11(2)23-10)8-12-9-24-16(18-12)19-15(22)13-4-3-5-17-14(13)21/h3-5,9-11H,6-8H2,1-2H3,(H,17,21)(H,18,19,22)/t10-,11+. The van der Waals surface area contributed by atoms with Gasteiger partial charge in [-0.25, -0.2) is 4.98 Å². The molecule has 0 saturated carbocycles. The van der Waals surface area contributed by atoms with Gasteiger partial charge in [-0.1, -0.05) is 0 Å². The molecule has 2 N–H and O–H groups in total. The van der Waals surface area contributed by atoms with Gasteiger partial charge in [-0.2, -0.15) is 0 Å². The maximum absolute atomic E-state index is 12.1. The number of pyridine rings is 1. The number of ether oxygens (including phenoxy) is 1. The summed E-state index contributed by atoms with van der Waals surface area (Å²) in [6, 6.07) is 3.10. The van der Waals surface area contributed by atoms with Crippen LogP contribution in [0.2, 0.25) is 0 Å². The van der Waals surface area contributed by atoms with Crippen LogP contribution in [0.4, 0.5) is 5.13 Å². The minimum Gasteiger partial charge on any atom is -0.373 e. The molecule has 24 heavy (non-hydrogen) atoms. The number of hydrogen-bond donors (Lipinski definition) is 2. The van der Waals surface area contributed by atoms with E-state index in [1.165, 1.54) is 23.6 Å². The van der Waals surface area contributed by atoms with Gasteiger partial charge < -0.3 is 9.72 Å². The van der Waals surface area contributed by atoms with Crippen molar-refractivity contribution >= 4 is 22.4 Å². The minimum atomic E-state index is -0.452. The molecule has 0 spiro atoms. The first kappa shape index (κ1) is 16.8. The average Bonchev–Trinajstić information content (AvgIpc) is 2.93. The molecule has 0 radical (unpaired) electrons. The van der Waals surface area contributed by atoms with Crippen LogP contribution in [0.1, 0.15) is 29.9 Å². The highest BCUT2D eigenvalue weighted by Gasteiger charge is 2.23. The number of H-pyrrole nitrogens is 1. The van der Waals surface area contributed by atoms with Gasteiger partial charge in [-0.3, -0.25) is 19.8 Å². The zero-order valence-corrected chi connectivity index (χ0v) is 14.4. The fourth-order valence-electron chi connectivity index (χ4n) is 2.84. The van der Waals surface area contributed by atoms with Crippen LogP contribution in [0, 0.1) is 0 Å². The molecule has 0 aromatic carbocycles. The summed E-state index contributed by atoms with van der Waals surface area (Å²) in [5.74, 6) is -0.452. The number of aromatic nitrogens is 2. The van der Waals surface area contributed by atoms with E-state index in [9.17, 15) is 9.59 Å². The number of hydrogen-bond acceptors (Lipinski definition) is 6. The van der Waals surface area contributed by atoms with Crippen molar-refractivity contribution in [1.82, 2.24) is 14.9 Å². The highest BCUT2D eigenvalue weighted by molar-refractivity contribution is 7.13. The lowest BCUT2D eigenvalue weighted by Gasteiger charge is -2.34. The van der Waals surface area contributed by atoms with Crippen LogP contribution in [-0.4, -0.2) is 46.1 Å². The van der Waals surface area contributed by atoms with E-state index in [2.05, 4.69) is 34.0 Å². The number of morpholine rings is 1. The van der Waals surface area contributed by atoms with Crippen LogP contribution < -0.4 is 10.9 Å². The molecular formula is C16H20N4O3S. The molecule has 128 valence electrons. The molecule has 1 fully saturated rings. The Balaban J connectivity index is 1.62. The summed E-state index contributed by atoms with van der Waals surface area (Å²) in [6.07, 6.45) is 1.90. The number of rotatable bonds is 4. The Hall–Kier alpha value is -2.03. The van der Waals surface area contributed by atoms with E-state index in [0.29, 0.717) is 5.13 Å². The summed E-state index contributed by atoms with van der Waals surface area (Å²) in [6.45, 7) is 6.57. The third-order valence-corrected chi connectivity index (χ3v) is 4.52. The first-order valence-corrected chi connectivity index (χ1v) is 8.70. The number of carbonyl (C=O) groups is 1. The SMILES string of the molecule is C[C@@H]1CN(Cc2csc(NC(=O)c3ccc[nH]c3=O)n2)C[C@H](C)O1. The van der Waals surface area contributed by atoms with Gasteiger partial charge in [0.05, 0.1) is 17.9 Å². The van der Waals surface area contributed by atoms with E-state index in [1.54, 1.807) is 6.07 Å². The quantitative estimate of drug-likeness (QED) is 0.878. The van der Waals surface area contributed by atoms with Crippen LogP contribution >= 0.6 is 11.3 Å². The van der Waals surface area contributed by atoms with Crippen molar-refractivity contribution < 1.29 is 9.53 Å². The van der Waals surface area contributed by atoms with Crippen LogP contribution in [0.25, 0.3) is 0 Å². The number of anilines is 1. The van der Waals surface area contributed by atoms with Crippen molar-refractivity contribution in [2.45, 2.75) is 32.6 Å². The molecule has 2 aromatic heterocycles. The smallest absolute Gasteiger partial charge is 0.263 e. The molecule has 1 aliphatic rings. The third-order valence-electron chi connectivity index (χ3n) is 3.72. The fraction of sp³-hybridized carbons (Fsp3) is 0.438. The molecule has 0 aliphatic carbocycles. The van der Waals surface area contributed by atoms with Gasteiger partial charge in [-0.15, -0.1) is 11.3 Å². The Kier molecular flexibility index (Phi) is 5.08. The number of amides is 1. The van der Waals surface area contributed by atoms with Crippen molar-refractivity contribution in [1.29, 1.82) is 0 Å². The number of aromatic amines is 1. The second-order valence-electron chi connectivity index (χ2n) is 5.96. The third kappa shape index (κ3) is 4.08. The predicted molar refractivity (Wildman–Crippen MR) is 92.4 cm³/mol. The van der Waals surface area contributed by atoms with Crippen LogP contribution in [0.5, 0.6) is 0 Å². The van der Waals surface area contributed by atoms with Crippen LogP contribution in [-0.2, 0) is 11.3 Å². The van der Waals surface area contributed by atoms with Crippen molar-refractivity contribution in [2.24, 2.45) is 0 Å². The summed E-state index contributed by atoms with van der Waals surface area (Å²) in [5.41, 5.74) is 0.562. The van der Waals surface area contributed by atoms with Crippen molar-refractivity contribution in [2.75, 3.05) is 18.4 Å². The predicted octanol–water partition coefficient (Wildman–Crippen LogP) is 1.69. The summed E-state index contributed by atoms with van der Waals surface area (Å²) in [5, 5.41) is 5.10. The zero-order valence-electron chi connectivity index (χ0n) is 13.6. The molecule has 1 amide bonds. The number of nitrogens with zero attached hydrogens (tertiary/aromatic N) is 2. The number of thiazole rings is 1. The monoisotopic (exact) mass is 348 g/mol. The molecule has 8 heteroatoms. The maximum atomic E-state index is 12.1. The van der Waals surface area contributed by atoms with Gasteiger partial charge in [0.1, 0.15) is 5.56 Å². The average molecular weight is 348 g/mol. The molecule has 3 heterocycles. The van der Waals surface area contributed by atoms with Crippen LogP contribution in [0.15, 0.2) is 28.5 Å². The minimum absolute atomic E-state index is 0.0741. The van der Waals surface area contributed by atoms with Gasteiger partial charge >= 0.3 is 0 Å². The Labute approximate surface area is 143 Å². The van der Waals surface area contributed by atoms with Crippen LogP contribution in [0.3, 0.4) is 0 Å². The van der Waals surface area contributed by atoms with E-state index in [-0.39, 0.29) is 17.8 Å². The lowest BCUT2D eigenvalue weighted by molar-refractivity contribution is -0.0707. The van der Waals surface area contributed by atoms with Gasteiger partial charge in [0.2, 0.25) is 0 Å². The van der Waals surface area contributed by atoms with Crippen molar-refractivity contribution in [3.8, 4) is 0 Å². The highest BCUT2D eigenvalue weighted by Crippen LogP contribution is 2.19. The van der Waals surface area contributed by atoms with E-state index in [4.69, 9.17) is 4.74 Å². The molecule has 1 aliphatic heterocycles. The number of nitrogens with one attached hydrogen (secondary N) is 2. The highest BCUT2D eigenvalue weighted by atomic mass is 32.1. The zero-order chi connectivity index (χ0) is 17.1. The van der Waals surface area contributed by atoms with Gasteiger partial charge in [-0.05, 0) is 26.0 Å². The molecule has 3 rings (SSSR count). The summed E-state index contributed by atoms with van der Waals surface area (Å²) >= 11 is 1.36. The topological polar surface area (TPSA) is 87.3 Å².